The van der Waals surface area contributed by atoms with E-state index >= 15 is 0 Å². The first-order valence-electron chi connectivity index (χ1n) is 9.82. The van der Waals surface area contributed by atoms with Crippen molar-refractivity contribution in [3.63, 3.8) is 0 Å². The van der Waals surface area contributed by atoms with Crippen molar-refractivity contribution in [1.29, 1.82) is 0 Å². The number of piperazine rings is 1. The molecule has 10 heteroatoms. The topological polar surface area (TPSA) is 96.0 Å². The lowest BCUT2D eigenvalue weighted by Crippen LogP contribution is -2.48. The van der Waals surface area contributed by atoms with Gasteiger partial charge in [0.15, 0.2) is 0 Å². The molecule has 1 N–H and O–H groups in total. The van der Waals surface area contributed by atoms with Gasteiger partial charge in [0.25, 0.3) is 0 Å². The molecule has 4 rings (SSSR count). The van der Waals surface area contributed by atoms with E-state index in [1.54, 1.807) is 7.11 Å². The third kappa shape index (κ3) is 4.31. The van der Waals surface area contributed by atoms with E-state index in [1.807, 2.05) is 24.3 Å². The largest absolute Gasteiger partial charge is 0.495 e. The molecule has 1 aliphatic carbocycles. The number of benzene rings is 2. The highest BCUT2D eigenvalue weighted by atomic mass is 32.2. The number of hydrogen-bond acceptors (Lipinski definition) is 6. The highest BCUT2D eigenvalue weighted by Crippen LogP contribution is 2.29. The van der Waals surface area contributed by atoms with Gasteiger partial charge in [-0.05, 0) is 49.2 Å². The summed E-state index contributed by atoms with van der Waals surface area (Å²) in [4.78, 5) is 2.28. The number of nitrogens with one attached hydrogen (secondary N) is 1. The monoisotopic (exact) mass is 451 g/mol. The van der Waals surface area contributed by atoms with Crippen LogP contribution in [-0.4, -0.2) is 60.5 Å². The van der Waals surface area contributed by atoms with Crippen LogP contribution >= 0.6 is 0 Å². The normalized spacial score (nSPS) is 18.4. The van der Waals surface area contributed by atoms with E-state index in [9.17, 15) is 16.8 Å². The molecule has 0 bridgehead atoms. The van der Waals surface area contributed by atoms with Crippen molar-refractivity contribution in [2.24, 2.45) is 0 Å². The van der Waals surface area contributed by atoms with Gasteiger partial charge in [-0.25, -0.2) is 21.6 Å². The fourth-order valence-corrected chi connectivity index (χ4v) is 6.22. The Labute approximate surface area is 177 Å². The van der Waals surface area contributed by atoms with Gasteiger partial charge in [0.1, 0.15) is 5.75 Å². The van der Waals surface area contributed by atoms with Gasteiger partial charge in [-0.15, -0.1) is 0 Å². The molecule has 2 aliphatic rings. The Kier molecular flexibility index (Phi) is 5.75. The van der Waals surface area contributed by atoms with Gasteiger partial charge in [-0.2, -0.15) is 4.31 Å². The Morgan fingerprint density at radius 2 is 1.47 bits per heavy atom. The Morgan fingerprint density at radius 1 is 0.867 bits per heavy atom. The SMILES string of the molecule is COc1ccccc1N1CCN(S(=O)(=O)c2ccc(S(=O)(=O)NC3CC3)cc2)CC1. The van der Waals surface area contributed by atoms with E-state index in [4.69, 9.17) is 4.74 Å². The quantitative estimate of drug-likeness (QED) is 0.688. The van der Waals surface area contributed by atoms with E-state index in [-0.39, 0.29) is 15.8 Å². The van der Waals surface area contributed by atoms with Crippen molar-refractivity contribution >= 4 is 25.7 Å². The third-order valence-corrected chi connectivity index (χ3v) is 8.78. The van der Waals surface area contributed by atoms with E-state index in [0.29, 0.717) is 26.2 Å². The lowest BCUT2D eigenvalue weighted by molar-refractivity contribution is 0.378. The molecule has 0 aromatic heterocycles. The first kappa shape index (κ1) is 21.1. The van der Waals surface area contributed by atoms with Gasteiger partial charge in [0, 0.05) is 32.2 Å². The van der Waals surface area contributed by atoms with Crippen LogP contribution in [0, 0.1) is 0 Å². The highest BCUT2D eigenvalue weighted by Gasteiger charge is 2.31. The molecule has 30 heavy (non-hydrogen) atoms. The van der Waals surface area contributed by atoms with Crippen LogP contribution in [0.5, 0.6) is 5.75 Å². The zero-order valence-electron chi connectivity index (χ0n) is 16.7. The molecule has 0 radical (unpaired) electrons. The zero-order valence-corrected chi connectivity index (χ0v) is 18.3. The van der Waals surface area contributed by atoms with Crippen molar-refractivity contribution in [1.82, 2.24) is 9.03 Å². The standard InChI is InChI=1S/C20H25N3O5S2/c1-28-20-5-3-2-4-19(20)22-12-14-23(15-13-22)30(26,27)18-10-8-17(9-11-18)29(24,25)21-16-6-7-16/h2-5,8-11,16,21H,6-7,12-15H2,1H3. The summed E-state index contributed by atoms with van der Waals surface area (Å²) in [6, 6.07) is 13.1. The second kappa shape index (κ2) is 8.18. The molecule has 0 spiro atoms. The fourth-order valence-electron chi connectivity index (χ4n) is 3.49. The second-order valence-corrected chi connectivity index (χ2v) is 11.1. The van der Waals surface area contributed by atoms with Crippen LogP contribution in [-0.2, 0) is 20.0 Å². The minimum Gasteiger partial charge on any atom is -0.495 e. The van der Waals surface area contributed by atoms with Gasteiger partial charge in [0.05, 0.1) is 22.6 Å². The summed E-state index contributed by atoms with van der Waals surface area (Å²) in [6.45, 7) is 1.75. The lowest BCUT2D eigenvalue weighted by atomic mass is 10.2. The van der Waals surface area contributed by atoms with E-state index in [1.165, 1.54) is 28.6 Å². The number of sulfonamides is 2. The number of ether oxygens (including phenoxy) is 1. The van der Waals surface area contributed by atoms with Crippen molar-refractivity contribution in [2.75, 3.05) is 38.2 Å². The number of rotatable bonds is 7. The molecule has 0 unspecified atom stereocenters. The van der Waals surface area contributed by atoms with Crippen molar-refractivity contribution < 1.29 is 21.6 Å². The van der Waals surface area contributed by atoms with E-state index in [2.05, 4.69) is 9.62 Å². The van der Waals surface area contributed by atoms with Crippen LogP contribution in [0.15, 0.2) is 58.3 Å². The predicted octanol–water partition coefficient (Wildman–Crippen LogP) is 1.65. The molecule has 0 atom stereocenters. The maximum absolute atomic E-state index is 13.0. The van der Waals surface area contributed by atoms with Gasteiger partial charge in [-0.1, -0.05) is 12.1 Å². The molecule has 1 saturated heterocycles. The van der Waals surface area contributed by atoms with Crippen molar-refractivity contribution in [3.05, 3.63) is 48.5 Å². The fraction of sp³-hybridized carbons (Fsp3) is 0.400. The number of para-hydroxylation sites is 2. The van der Waals surface area contributed by atoms with Crippen LogP contribution in [0.2, 0.25) is 0 Å². The van der Waals surface area contributed by atoms with E-state index in [0.717, 1.165) is 24.3 Å². The zero-order chi connectivity index (χ0) is 21.4. The number of anilines is 1. The smallest absolute Gasteiger partial charge is 0.243 e. The van der Waals surface area contributed by atoms with Crippen LogP contribution < -0.4 is 14.4 Å². The molecule has 8 nitrogen and oxygen atoms in total. The third-order valence-electron chi connectivity index (χ3n) is 5.34. The molecule has 162 valence electrons. The van der Waals surface area contributed by atoms with E-state index < -0.39 is 20.0 Å². The molecule has 1 aliphatic heterocycles. The molecular weight excluding hydrogens is 426 g/mol. The molecule has 0 amide bonds. The van der Waals surface area contributed by atoms with Gasteiger partial charge < -0.3 is 9.64 Å². The highest BCUT2D eigenvalue weighted by molar-refractivity contribution is 7.89. The minimum atomic E-state index is -3.70. The molecule has 2 aromatic carbocycles. The summed E-state index contributed by atoms with van der Waals surface area (Å²) in [5.74, 6) is 0.755. The molecule has 2 aromatic rings. The minimum absolute atomic E-state index is 0.00190. The van der Waals surface area contributed by atoms with Gasteiger partial charge in [-0.3, -0.25) is 0 Å². The Morgan fingerprint density at radius 3 is 2.07 bits per heavy atom. The second-order valence-electron chi connectivity index (χ2n) is 7.43. The molecule has 1 saturated carbocycles. The summed E-state index contributed by atoms with van der Waals surface area (Å²) < 4.78 is 60.0. The predicted molar refractivity (Wildman–Crippen MR) is 114 cm³/mol. The van der Waals surface area contributed by atoms with Crippen molar-refractivity contribution in [3.8, 4) is 5.75 Å². The summed E-state index contributed by atoms with van der Waals surface area (Å²) in [5.41, 5.74) is 0.940. The lowest BCUT2D eigenvalue weighted by Gasteiger charge is -2.35. The van der Waals surface area contributed by atoms with Gasteiger partial charge in [0.2, 0.25) is 20.0 Å². The first-order chi connectivity index (χ1) is 14.3. The molecule has 2 fully saturated rings. The Balaban J connectivity index is 1.45. The number of nitrogens with zero attached hydrogens (tertiary/aromatic N) is 2. The average Bonchev–Trinajstić information content (AvgIpc) is 3.57. The Hall–Kier alpha value is -2.14. The maximum Gasteiger partial charge on any atom is 0.243 e. The summed E-state index contributed by atoms with van der Waals surface area (Å²) in [7, 11) is -5.69. The maximum atomic E-state index is 13.0. The summed E-state index contributed by atoms with van der Waals surface area (Å²) >= 11 is 0. The average molecular weight is 452 g/mol. The van der Waals surface area contributed by atoms with Crippen LogP contribution in [0.3, 0.4) is 0 Å². The Bertz CT molecular complexity index is 1110. The molecular formula is C20H25N3O5S2. The van der Waals surface area contributed by atoms with Crippen molar-refractivity contribution in [2.45, 2.75) is 28.7 Å². The van der Waals surface area contributed by atoms with Crippen LogP contribution in [0.25, 0.3) is 0 Å². The summed E-state index contributed by atoms with van der Waals surface area (Å²) in [5, 5.41) is 0. The number of methoxy groups -OCH3 is 1. The molecule has 1 heterocycles. The number of hydrogen-bond donors (Lipinski definition) is 1. The van der Waals surface area contributed by atoms with Crippen LogP contribution in [0.4, 0.5) is 5.69 Å². The summed E-state index contributed by atoms with van der Waals surface area (Å²) in [6.07, 6.45) is 1.68. The first-order valence-corrected chi connectivity index (χ1v) is 12.7. The van der Waals surface area contributed by atoms with Crippen LogP contribution in [0.1, 0.15) is 12.8 Å². The van der Waals surface area contributed by atoms with Gasteiger partial charge >= 0.3 is 0 Å².